The van der Waals surface area contributed by atoms with Gasteiger partial charge in [0.25, 0.3) is 0 Å². The molecule has 2 atom stereocenters. The molecule has 0 radical (unpaired) electrons. The smallest absolute Gasteiger partial charge is 0.342 e. The maximum absolute atomic E-state index is 12.2. The van der Waals surface area contributed by atoms with Crippen LogP contribution in [-0.4, -0.2) is 12.1 Å². The Kier molecular flexibility index (Phi) is 4.81. The number of benzene rings is 1. The highest BCUT2D eigenvalue weighted by Gasteiger charge is 2.39. The molecule has 0 saturated heterocycles. The number of carbonyl (C=O) groups is 1. The quantitative estimate of drug-likeness (QED) is 0.795. The fourth-order valence-electron chi connectivity index (χ4n) is 2.14. The van der Waals surface area contributed by atoms with Crippen LogP contribution in [0.25, 0.3) is 0 Å². The Labute approximate surface area is 126 Å². The van der Waals surface area contributed by atoms with E-state index in [1.54, 1.807) is 12.1 Å². The minimum atomic E-state index is -4.86. The Morgan fingerprint density at radius 1 is 1.29 bits per heavy atom. The van der Waals surface area contributed by atoms with Crippen molar-refractivity contribution in [3.8, 4) is 0 Å². The molecule has 0 spiro atoms. The van der Waals surface area contributed by atoms with E-state index < -0.39 is 18.1 Å². The molecular weight excluding hydrogens is 303 g/mol. The van der Waals surface area contributed by atoms with Gasteiger partial charge in [0.15, 0.2) is 0 Å². The van der Waals surface area contributed by atoms with Crippen LogP contribution in [-0.2, 0) is 4.79 Å². The summed E-state index contributed by atoms with van der Waals surface area (Å²) in [4.78, 5) is 10.9. The normalized spacial score (nSPS) is 18.1. The van der Waals surface area contributed by atoms with Gasteiger partial charge >= 0.3 is 12.1 Å². The minimum Gasteiger partial charge on any atom is -0.342 e. The zero-order chi connectivity index (χ0) is 15.6. The third-order valence-electron chi connectivity index (χ3n) is 3.64. The molecule has 116 valence electrons. The molecule has 0 aromatic heterocycles. The summed E-state index contributed by atoms with van der Waals surface area (Å²) in [7, 11) is 0. The van der Waals surface area contributed by atoms with Crippen molar-refractivity contribution in [2.24, 2.45) is 5.92 Å². The van der Waals surface area contributed by atoms with E-state index in [4.69, 9.17) is 11.6 Å². The lowest BCUT2D eigenvalue weighted by atomic mass is 10.0. The summed E-state index contributed by atoms with van der Waals surface area (Å²) in [5.74, 6) is -1.22. The number of amides is 1. The molecule has 1 saturated carbocycles. The largest absolute Gasteiger partial charge is 0.471 e. The number of carbonyl (C=O) groups excluding carboxylic acids is 1. The first kappa shape index (κ1) is 16.1. The fraction of sp³-hybridized carbons (Fsp3) is 0.533. The van der Waals surface area contributed by atoms with Gasteiger partial charge in [-0.15, -0.1) is 11.6 Å². The van der Waals surface area contributed by atoms with Crippen molar-refractivity contribution < 1.29 is 18.0 Å². The molecule has 1 N–H and O–H groups in total. The van der Waals surface area contributed by atoms with Gasteiger partial charge in [-0.25, -0.2) is 0 Å². The molecule has 2 rings (SSSR count). The zero-order valence-corrected chi connectivity index (χ0v) is 12.3. The summed E-state index contributed by atoms with van der Waals surface area (Å²) in [6.07, 6.45) is -1.48. The lowest BCUT2D eigenvalue weighted by Crippen LogP contribution is -2.38. The third-order valence-corrected chi connectivity index (χ3v) is 4.07. The molecule has 0 bridgehead atoms. The molecular formula is C15H17ClF3NO. The van der Waals surface area contributed by atoms with E-state index in [-0.39, 0.29) is 5.38 Å². The van der Waals surface area contributed by atoms with Crippen LogP contribution in [0.4, 0.5) is 13.2 Å². The second-order valence-electron chi connectivity index (χ2n) is 5.51. The standard InChI is InChI=1S/C15H17ClF3NO/c1-9(20-14(21)15(17,18)19)11-4-6-12(7-5-11)13(16)8-10-2-3-10/h4-7,9-10,13H,2-3,8H2,1H3,(H,20,21). The van der Waals surface area contributed by atoms with Crippen molar-refractivity contribution in [3.63, 3.8) is 0 Å². The molecule has 21 heavy (non-hydrogen) atoms. The number of nitrogens with one attached hydrogen (secondary N) is 1. The van der Waals surface area contributed by atoms with Crippen LogP contribution >= 0.6 is 11.6 Å². The molecule has 6 heteroatoms. The van der Waals surface area contributed by atoms with Crippen LogP contribution in [0, 0.1) is 5.92 Å². The van der Waals surface area contributed by atoms with Crippen molar-refractivity contribution in [1.82, 2.24) is 5.32 Å². The molecule has 1 fully saturated rings. The Hall–Kier alpha value is -1.23. The highest BCUT2D eigenvalue weighted by Crippen LogP contribution is 2.40. The van der Waals surface area contributed by atoms with Gasteiger partial charge < -0.3 is 5.32 Å². The van der Waals surface area contributed by atoms with E-state index in [2.05, 4.69) is 0 Å². The lowest BCUT2D eigenvalue weighted by Gasteiger charge is -2.17. The average molecular weight is 320 g/mol. The number of hydrogen-bond donors (Lipinski definition) is 1. The fourth-order valence-corrected chi connectivity index (χ4v) is 2.54. The SMILES string of the molecule is CC(NC(=O)C(F)(F)F)c1ccc(C(Cl)CC2CC2)cc1. The second kappa shape index (κ2) is 6.26. The maximum atomic E-state index is 12.2. The number of rotatable bonds is 5. The highest BCUT2D eigenvalue weighted by molar-refractivity contribution is 6.20. The van der Waals surface area contributed by atoms with Gasteiger partial charge in [-0.3, -0.25) is 4.79 Å². The predicted molar refractivity (Wildman–Crippen MR) is 75.0 cm³/mol. The molecule has 1 aromatic carbocycles. The molecule has 2 unspecified atom stereocenters. The van der Waals surface area contributed by atoms with Gasteiger partial charge in [0.2, 0.25) is 0 Å². The Bertz CT molecular complexity index is 497. The van der Waals surface area contributed by atoms with Crippen molar-refractivity contribution in [2.45, 2.75) is 43.8 Å². The number of hydrogen-bond acceptors (Lipinski definition) is 1. The monoisotopic (exact) mass is 319 g/mol. The molecule has 1 amide bonds. The van der Waals surface area contributed by atoms with Crippen molar-refractivity contribution in [2.75, 3.05) is 0 Å². The summed E-state index contributed by atoms with van der Waals surface area (Å²) >= 11 is 6.30. The van der Waals surface area contributed by atoms with E-state index >= 15 is 0 Å². The van der Waals surface area contributed by atoms with Gasteiger partial charge in [0, 0.05) is 0 Å². The van der Waals surface area contributed by atoms with E-state index in [1.165, 1.54) is 19.8 Å². The zero-order valence-electron chi connectivity index (χ0n) is 11.6. The first-order valence-corrected chi connectivity index (χ1v) is 7.32. The molecule has 1 aliphatic carbocycles. The van der Waals surface area contributed by atoms with Gasteiger partial charge in [0.05, 0.1) is 11.4 Å². The highest BCUT2D eigenvalue weighted by atomic mass is 35.5. The van der Waals surface area contributed by atoms with Crippen LogP contribution in [0.3, 0.4) is 0 Å². The van der Waals surface area contributed by atoms with E-state index in [1.807, 2.05) is 17.4 Å². The Balaban J connectivity index is 1.95. The predicted octanol–water partition coefficient (Wildman–Crippen LogP) is 4.51. The summed E-state index contributed by atoms with van der Waals surface area (Å²) < 4.78 is 36.6. The lowest BCUT2D eigenvalue weighted by molar-refractivity contribution is -0.174. The van der Waals surface area contributed by atoms with Crippen molar-refractivity contribution >= 4 is 17.5 Å². The van der Waals surface area contributed by atoms with Crippen molar-refractivity contribution in [1.29, 1.82) is 0 Å². The first-order chi connectivity index (χ1) is 9.77. The van der Waals surface area contributed by atoms with Crippen molar-refractivity contribution in [3.05, 3.63) is 35.4 Å². The molecule has 0 aliphatic heterocycles. The summed E-state index contributed by atoms with van der Waals surface area (Å²) in [5.41, 5.74) is 1.58. The van der Waals surface area contributed by atoms with Gasteiger partial charge in [-0.2, -0.15) is 13.2 Å². The Morgan fingerprint density at radius 2 is 1.81 bits per heavy atom. The second-order valence-corrected chi connectivity index (χ2v) is 6.03. The Morgan fingerprint density at radius 3 is 2.29 bits per heavy atom. The third kappa shape index (κ3) is 4.63. The van der Waals surface area contributed by atoms with E-state index in [0.29, 0.717) is 11.5 Å². The number of alkyl halides is 4. The summed E-state index contributed by atoms with van der Waals surface area (Å²) in [6.45, 7) is 1.51. The maximum Gasteiger partial charge on any atom is 0.471 e. The van der Waals surface area contributed by atoms with Gasteiger partial charge in [-0.05, 0) is 30.4 Å². The topological polar surface area (TPSA) is 29.1 Å². The summed E-state index contributed by atoms with van der Waals surface area (Å²) in [6, 6.07) is 6.33. The minimum absolute atomic E-state index is 0.0633. The molecule has 1 aliphatic rings. The van der Waals surface area contributed by atoms with E-state index in [9.17, 15) is 18.0 Å². The van der Waals surface area contributed by atoms with Crippen LogP contribution in [0.5, 0.6) is 0 Å². The molecule has 2 nitrogen and oxygen atoms in total. The van der Waals surface area contributed by atoms with E-state index in [0.717, 1.165) is 12.0 Å². The number of halogens is 4. The van der Waals surface area contributed by atoms with Crippen LogP contribution < -0.4 is 5.32 Å². The molecule has 0 heterocycles. The molecule has 1 aromatic rings. The van der Waals surface area contributed by atoms with Crippen LogP contribution in [0.1, 0.15) is 48.7 Å². The average Bonchev–Trinajstić information content (AvgIpc) is 3.21. The first-order valence-electron chi connectivity index (χ1n) is 6.89. The van der Waals surface area contributed by atoms with Gasteiger partial charge in [-0.1, -0.05) is 37.1 Å². The summed E-state index contributed by atoms with van der Waals surface area (Å²) in [5, 5.41) is 1.87. The van der Waals surface area contributed by atoms with Crippen LogP contribution in [0.15, 0.2) is 24.3 Å². The van der Waals surface area contributed by atoms with Crippen LogP contribution in [0.2, 0.25) is 0 Å². The van der Waals surface area contributed by atoms with Gasteiger partial charge in [0.1, 0.15) is 0 Å².